The maximum atomic E-state index is 10.6. The number of hydrogen-bond acceptors (Lipinski definition) is 4. The molecule has 1 aliphatic rings. The molecule has 1 N–H and O–H groups in total. The number of nitrogens with zero attached hydrogens (tertiary/aromatic N) is 2. The predicted molar refractivity (Wildman–Crippen MR) is 47.5 cm³/mol. The number of carboxylic acids is 1. The largest absolute Gasteiger partial charge is 0.495 e. The summed E-state index contributed by atoms with van der Waals surface area (Å²) in [4.78, 5) is 10.6. The van der Waals surface area contributed by atoms with Crippen molar-refractivity contribution < 1.29 is 14.6 Å². The zero-order valence-corrected chi connectivity index (χ0v) is 7.73. The summed E-state index contributed by atoms with van der Waals surface area (Å²) in [7, 11) is 1.51. The van der Waals surface area contributed by atoms with Gasteiger partial charge in [-0.1, -0.05) is 0 Å². The molecule has 0 amide bonds. The van der Waals surface area contributed by atoms with Crippen molar-refractivity contribution in [1.29, 1.82) is 0 Å². The van der Waals surface area contributed by atoms with Gasteiger partial charge < -0.3 is 9.84 Å². The summed E-state index contributed by atoms with van der Waals surface area (Å²) < 4.78 is 5.07. The van der Waals surface area contributed by atoms with Crippen LogP contribution in [0.2, 0.25) is 0 Å². The second-order valence-corrected chi connectivity index (χ2v) is 3.26. The molecular weight excluding hydrogens is 184 g/mol. The van der Waals surface area contributed by atoms with Gasteiger partial charge in [0.15, 0.2) is 5.69 Å². The van der Waals surface area contributed by atoms with Crippen LogP contribution in [0.25, 0.3) is 0 Å². The lowest BCUT2D eigenvalue weighted by atomic mass is 10.2. The number of aromatic nitrogens is 2. The van der Waals surface area contributed by atoms with E-state index in [2.05, 4.69) is 10.2 Å². The van der Waals surface area contributed by atoms with Crippen LogP contribution in [0.1, 0.15) is 34.9 Å². The van der Waals surface area contributed by atoms with E-state index in [0.717, 1.165) is 18.5 Å². The quantitative estimate of drug-likeness (QED) is 0.778. The standard InChI is InChI=1S/C9H10N2O3/c1-14-7-4-6(9(12)13)10-11-8(7)5-2-3-5/h4-5H,2-3H2,1H3,(H,12,13). The summed E-state index contributed by atoms with van der Waals surface area (Å²) in [5, 5.41) is 16.2. The number of methoxy groups -OCH3 is 1. The maximum Gasteiger partial charge on any atom is 0.356 e. The van der Waals surface area contributed by atoms with Gasteiger partial charge in [-0.15, -0.1) is 5.10 Å². The SMILES string of the molecule is COc1cc(C(=O)O)nnc1C1CC1. The fourth-order valence-corrected chi connectivity index (χ4v) is 1.29. The van der Waals surface area contributed by atoms with Crippen molar-refractivity contribution >= 4 is 5.97 Å². The molecule has 0 aliphatic heterocycles. The summed E-state index contributed by atoms with van der Waals surface area (Å²) >= 11 is 0. The van der Waals surface area contributed by atoms with E-state index in [1.807, 2.05) is 0 Å². The van der Waals surface area contributed by atoms with E-state index < -0.39 is 5.97 Å². The fraction of sp³-hybridized carbons (Fsp3) is 0.444. The summed E-state index contributed by atoms with van der Waals surface area (Å²) in [5.41, 5.74) is 0.698. The van der Waals surface area contributed by atoms with E-state index >= 15 is 0 Å². The fourth-order valence-electron chi connectivity index (χ4n) is 1.29. The van der Waals surface area contributed by atoms with E-state index in [1.54, 1.807) is 0 Å². The molecule has 1 heterocycles. The number of hydrogen-bond donors (Lipinski definition) is 1. The van der Waals surface area contributed by atoms with Crippen LogP contribution in [0.4, 0.5) is 0 Å². The zero-order chi connectivity index (χ0) is 10.1. The lowest BCUT2D eigenvalue weighted by Crippen LogP contribution is -2.05. The molecule has 0 radical (unpaired) electrons. The van der Waals surface area contributed by atoms with Gasteiger partial charge in [-0.3, -0.25) is 0 Å². The van der Waals surface area contributed by atoms with Crippen LogP contribution in [0.3, 0.4) is 0 Å². The van der Waals surface area contributed by atoms with Crippen molar-refractivity contribution in [2.45, 2.75) is 18.8 Å². The third kappa shape index (κ3) is 1.53. The molecule has 5 heteroatoms. The molecule has 5 nitrogen and oxygen atoms in total. The predicted octanol–water partition coefficient (Wildman–Crippen LogP) is 1.06. The third-order valence-corrected chi connectivity index (χ3v) is 2.19. The molecule has 0 unspecified atom stereocenters. The van der Waals surface area contributed by atoms with Gasteiger partial charge in [0.05, 0.1) is 7.11 Å². The molecule has 1 saturated carbocycles. The molecule has 1 aliphatic carbocycles. The Morgan fingerprint density at radius 1 is 1.57 bits per heavy atom. The van der Waals surface area contributed by atoms with Crippen molar-refractivity contribution in [3.8, 4) is 5.75 Å². The van der Waals surface area contributed by atoms with E-state index in [4.69, 9.17) is 9.84 Å². The highest BCUT2D eigenvalue weighted by molar-refractivity contribution is 5.85. The van der Waals surface area contributed by atoms with Gasteiger partial charge in [0.25, 0.3) is 0 Å². The van der Waals surface area contributed by atoms with Gasteiger partial charge in [-0.05, 0) is 12.8 Å². The second kappa shape index (κ2) is 3.25. The molecule has 1 aromatic heterocycles. The van der Waals surface area contributed by atoms with Crippen LogP contribution >= 0.6 is 0 Å². The Hall–Kier alpha value is -1.65. The molecule has 0 bridgehead atoms. The highest BCUT2D eigenvalue weighted by atomic mass is 16.5. The Balaban J connectivity index is 2.38. The minimum Gasteiger partial charge on any atom is -0.495 e. The average Bonchev–Trinajstić information content (AvgIpc) is 3.00. The number of carbonyl (C=O) groups is 1. The molecule has 1 aromatic rings. The van der Waals surface area contributed by atoms with E-state index in [0.29, 0.717) is 11.7 Å². The van der Waals surface area contributed by atoms with Crippen LogP contribution in [-0.2, 0) is 0 Å². The van der Waals surface area contributed by atoms with Gasteiger partial charge >= 0.3 is 5.97 Å². The monoisotopic (exact) mass is 194 g/mol. The van der Waals surface area contributed by atoms with E-state index in [1.165, 1.54) is 13.2 Å². The van der Waals surface area contributed by atoms with Crippen molar-refractivity contribution in [2.24, 2.45) is 0 Å². The maximum absolute atomic E-state index is 10.6. The first-order valence-corrected chi connectivity index (χ1v) is 4.37. The lowest BCUT2D eigenvalue weighted by Gasteiger charge is -2.05. The van der Waals surface area contributed by atoms with Gasteiger partial charge in [0, 0.05) is 12.0 Å². The smallest absolute Gasteiger partial charge is 0.356 e. The van der Waals surface area contributed by atoms with Gasteiger partial charge in [-0.2, -0.15) is 5.10 Å². The minimum atomic E-state index is -1.09. The van der Waals surface area contributed by atoms with Gasteiger partial charge in [0.2, 0.25) is 0 Å². The lowest BCUT2D eigenvalue weighted by molar-refractivity contribution is 0.0688. The number of carboxylic acid groups (broad SMARTS) is 1. The average molecular weight is 194 g/mol. The summed E-state index contributed by atoms with van der Waals surface area (Å²) in [6, 6.07) is 1.42. The first-order valence-electron chi connectivity index (χ1n) is 4.37. The van der Waals surface area contributed by atoms with Crippen LogP contribution in [0, 0.1) is 0 Å². The topological polar surface area (TPSA) is 72.3 Å². The molecule has 0 atom stereocenters. The molecule has 0 aromatic carbocycles. The Morgan fingerprint density at radius 3 is 2.79 bits per heavy atom. The van der Waals surface area contributed by atoms with Crippen molar-refractivity contribution in [3.63, 3.8) is 0 Å². The Kier molecular flexibility index (Phi) is 2.07. The number of aromatic carboxylic acids is 1. The van der Waals surface area contributed by atoms with Crippen LogP contribution in [-0.4, -0.2) is 28.4 Å². The van der Waals surface area contributed by atoms with Gasteiger partial charge in [-0.25, -0.2) is 4.79 Å². The van der Waals surface area contributed by atoms with E-state index in [-0.39, 0.29) is 5.69 Å². The molecule has 1 fully saturated rings. The van der Waals surface area contributed by atoms with Crippen LogP contribution in [0.5, 0.6) is 5.75 Å². The molecule has 0 saturated heterocycles. The third-order valence-electron chi connectivity index (χ3n) is 2.19. The molecule has 0 spiro atoms. The van der Waals surface area contributed by atoms with Crippen molar-refractivity contribution in [3.05, 3.63) is 17.5 Å². The highest BCUT2D eigenvalue weighted by Gasteiger charge is 2.29. The normalized spacial score (nSPS) is 15.2. The van der Waals surface area contributed by atoms with E-state index in [9.17, 15) is 4.79 Å². The van der Waals surface area contributed by atoms with Gasteiger partial charge in [0.1, 0.15) is 11.4 Å². The van der Waals surface area contributed by atoms with Crippen LogP contribution < -0.4 is 4.74 Å². The Morgan fingerprint density at radius 2 is 2.29 bits per heavy atom. The number of rotatable bonds is 3. The zero-order valence-electron chi connectivity index (χ0n) is 7.73. The summed E-state index contributed by atoms with van der Waals surface area (Å²) in [6.07, 6.45) is 2.16. The highest BCUT2D eigenvalue weighted by Crippen LogP contribution is 2.42. The Labute approximate surface area is 80.7 Å². The van der Waals surface area contributed by atoms with Crippen molar-refractivity contribution in [2.75, 3.05) is 7.11 Å². The summed E-state index contributed by atoms with van der Waals surface area (Å²) in [5.74, 6) is -0.154. The summed E-state index contributed by atoms with van der Waals surface area (Å²) in [6.45, 7) is 0. The molecule has 2 rings (SSSR count). The Bertz CT molecular complexity index is 374. The minimum absolute atomic E-state index is 0.0775. The van der Waals surface area contributed by atoms with Crippen molar-refractivity contribution in [1.82, 2.24) is 10.2 Å². The van der Waals surface area contributed by atoms with Crippen LogP contribution in [0.15, 0.2) is 6.07 Å². The molecule has 14 heavy (non-hydrogen) atoms. The first-order chi connectivity index (χ1) is 6.72. The molecular formula is C9H10N2O3. The second-order valence-electron chi connectivity index (χ2n) is 3.26. The number of ether oxygens (including phenoxy) is 1. The molecule has 74 valence electrons. The first kappa shape index (κ1) is 8.93.